The van der Waals surface area contributed by atoms with Gasteiger partial charge in [-0.3, -0.25) is 4.79 Å². The van der Waals surface area contributed by atoms with E-state index >= 15 is 0 Å². The summed E-state index contributed by atoms with van der Waals surface area (Å²) in [6.45, 7) is 4.41. The zero-order valence-corrected chi connectivity index (χ0v) is 16.7. The second-order valence-electron chi connectivity index (χ2n) is 7.89. The largest absolute Gasteiger partial charge is 0.342 e. The summed E-state index contributed by atoms with van der Waals surface area (Å²) in [6.07, 6.45) is 4.03. The van der Waals surface area contributed by atoms with E-state index in [1.54, 1.807) is 12.1 Å². The molecule has 0 saturated carbocycles. The summed E-state index contributed by atoms with van der Waals surface area (Å²) >= 11 is 0. The number of rotatable bonds is 6. The average Bonchev–Trinajstić information content (AvgIpc) is 3.31. The van der Waals surface area contributed by atoms with Crippen LogP contribution in [-0.4, -0.2) is 33.4 Å². The Morgan fingerprint density at radius 1 is 1.14 bits per heavy atom. The SMILES string of the molecule is Cc1cnc(CC2CCN(C(=O)Cc3cccc(F)c3)C2)n1Cc1ccccc1. The minimum Gasteiger partial charge on any atom is -0.342 e. The van der Waals surface area contributed by atoms with E-state index < -0.39 is 0 Å². The predicted octanol–water partition coefficient (Wildman–Crippen LogP) is 4.01. The van der Waals surface area contributed by atoms with Crippen LogP contribution in [0.5, 0.6) is 0 Å². The van der Waals surface area contributed by atoms with Crippen LogP contribution in [0.4, 0.5) is 4.39 Å². The van der Waals surface area contributed by atoms with Gasteiger partial charge in [-0.25, -0.2) is 9.37 Å². The van der Waals surface area contributed by atoms with Crippen LogP contribution in [0.2, 0.25) is 0 Å². The third-order valence-corrected chi connectivity index (χ3v) is 5.68. The number of hydrogen-bond acceptors (Lipinski definition) is 2. The molecular weight excluding hydrogens is 365 g/mol. The first kappa shape index (κ1) is 19.4. The van der Waals surface area contributed by atoms with Crippen LogP contribution in [0.25, 0.3) is 0 Å². The van der Waals surface area contributed by atoms with Gasteiger partial charge in [0, 0.05) is 37.9 Å². The van der Waals surface area contributed by atoms with E-state index in [0.29, 0.717) is 5.92 Å². The van der Waals surface area contributed by atoms with Crippen LogP contribution >= 0.6 is 0 Å². The Hall–Kier alpha value is -2.95. The highest BCUT2D eigenvalue weighted by Gasteiger charge is 2.27. The number of halogens is 1. The molecule has 0 radical (unpaired) electrons. The Labute approximate surface area is 171 Å². The fourth-order valence-electron chi connectivity index (χ4n) is 4.07. The molecule has 2 heterocycles. The predicted molar refractivity (Wildman–Crippen MR) is 111 cm³/mol. The summed E-state index contributed by atoms with van der Waals surface area (Å²) in [5.41, 5.74) is 3.14. The maximum Gasteiger partial charge on any atom is 0.227 e. The normalized spacial score (nSPS) is 16.3. The van der Waals surface area contributed by atoms with Crippen molar-refractivity contribution in [1.82, 2.24) is 14.5 Å². The number of nitrogens with zero attached hydrogens (tertiary/aromatic N) is 3. The second-order valence-corrected chi connectivity index (χ2v) is 7.89. The fourth-order valence-corrected chi connectivity index (χ4v) is 4.07. The lowest BCUT2D eigenvalue weighted by molar-refractivity contribution is -0.129. The zero-order valence-electron chi connectivity index (χ0n) is 16.7. The van der Waals surface area contributed by atoms with Crippen molar-refractivity contribution in [3.63, 3.8) is 0 Å². The lowest BCUT2D eigenvalue weighted by Gasteiger charge is -2.17. The molecule has 0 spiro atoms. The van der Waals surface area contributed by atoms with E-state index in [2.05, 4.69) is 40.7 Å². The molecule has 5 heteroatoms. The number of likely N-dealkylation sites (tertiary alicyclic amines) is 1. The van der Waals surface area contributed by atoms with Gasteiger partial charge in [0.05, 0.1) is 6.42 Å². The number of aromatic nitrogens is 2. The van der Waals surface area contributed by atoms with Gasteiger partial charge in [0.15, 0.2) is 0 Å². The molecule has 1 aliphatic heterocycles. The fraction of sp³-hybridized carbons (Fsp3) is 0.333. The van der Waals surface area contributed by atoms with Gasteiger partial charge in [-0.2, -0.15) is 0 Å². The lowest BCUT2D eigenvalue weighted by atomic mass is 10.0. The van der Waals surface area contributed by atoms with E-state index in [9.17, 15) is 9.18 Å². The van der Waals surface area contributed by atoms with E-state index in [4.69, 9.17) is 0 Å². The van der Waals surface area contributed by atoms with Crippen molar-refractivity contribution in [3.05, 3.63) is 89.3 Å². The molecule has 1 amide bonds. The topological polar surface area (TPSA) is 38.1 Å². The number of hydrogen-bond donors (Lipinski definition) is 0. The van der Waals surface area contributed by atoms with Gasteiger partial charge in [0.25, 0.3) is 0 Å². The molecule has 4 nitrogen and oxygen atoms in total. The van der Waals surface area contributed by atoms with Gasteiger partial charge in [0.1, 0.15) is 11.6 Å². The van der Waals surface area contributed by atoms with Crippen molar-refractivity contribution in [1.29, 1.82) is 0 Å². The summed E-state index contributed by atoms with van der Waals surface area (Å²) in [5.74, 6) is 1.26. The molecule has 1 atom stereocenters. The number of carbonyl (C=O) groups excluding carboxylic acids is 1. The van der Waals surface area contributed by atoms with Gasteiger partial charge in [-0.1, -0.05) is 42.5 Å². The second kappa shape index (κ2) is 8.60. The Kier molecular flexibility index (Phi) is 5.74. The summed E-state index contributed by atoms with van der Waals surface area (Å²) in [6, 6.07) is 16.7. The Morgan fingerprint density at radius 3 is 2.72 bits per heavy atom. The monoisotopic (exact) mass is 391 g/mol. The minimum absolute atomic E-state index is 0.0712. The van der Waals surface area contributed by atoms with E-state index in [1.165, 1.54) is 17.7 Å². The highest BCUT2D eigenvalue weighted by molar-refractivity contribution is 5.79. The third kappa shape index (κ3) is 4.73. The molecule has 1 aliphatic rings. The van der Waals surface area contributed by atoms with Gasteiger partial charge < -0.3 is 9.47 Å². The quantitative estimate of drug-likeness (QED) is 0.637. The summed E-state index contributed by atoms with van der Waals surface area (Å²) < 4.78 is 15.6. The van der Waals surface area contributed by atoms with Gasteiger partial charge >= 0.3 is 0 Å². The van der Waals surface area contributed by atoms with E-state index in [0.717, 1.165) is 49.6 Å². The number of aryl methyl sites for hydroxylation is 1. The van der Waals surface area contributed by atoms with Crippen LogP contribution < -0.4 is 0 Å². The maximum absolute atomic E-state index is 13.4. The van der Waals surface area contributed by atoms with Crippen molar-refractivity contribution < 1.29 is 9.18 Å². The Bertz CT molecular complexity index is 983. The first-order valence-corrected chi connectivity index (χ1v) is 10.2. The minimum atomic E-state index is -0.296. The van der Waals surface area contributed by atoms with Crippen LogP contribution in [0.3, 0.4) is 0 Å². The summed E-state index contributed by atoms with van der Waals surface area (Å²) in [5, 5.41) is 0. The van der Waals surface area contributed by atoms with Crippen LogP contribution in [0.1, 0.15) is 29.1 Å². The number of amides is 1. The molecule has 1 fully saturated rings. The van der Waals surface area contributed by atoms with Crippen LogP contribution in [0.15, 0.2) is 60.8 Å². The zero-order chi connectivity index (χ0) is 20.2. The van der Waals surface area contributed by atoms with Crippen molar-refractivity contribution in [2.24, 2.45) is 5.92 Å². The molecule has 29 heavy (non-hydrogen) atoms. The molecule has 1 unspecified atom stereocenters. The van der Waals surface area contributed by atoms with Gasteiger partial charge in [-0.15, -0.1) is 0 Å². The molecule has 1 aromatic heterocycles. The molecular formula is C24H26FN3O. The van der Waals surface area contributed by atoms with Crippen molar-refractivity contribution in [3.8, 4) is 0 Å². The van der Waals surface area contributed by atoms with Gasteiger partial charge in [-0.05, 0) is 42.5 Å². The Morgan fingerprint density at radius 2 is 1.93 bits per heavy atom. The summed E-state index contributed by atoms with van der Waals surface area (Å²) in [4.78, 5) is 19.2. The standard InChI is InChI=1S/C24H26FN3O/c1-18-15-26-23(28(18)17-19-6-3-2-4-7-19)13-21-10-11-27(16-21)24(29)14-20-8-5-9-22(25)12-20/h2-9,12,15,21H,10-11,13-14,16-17H2,1H3. The first-order valence-electron chi connectivity index (χ1n) is 10.2. The first-order chi connectivity index (χ1) is 14.1. The maximum atomic E-state index is 13.4. The van der Waals surface area contributed by atoms with Crippen LogP contribution in [-0.2, 0) is 24.2 Å². The van der Waals surface area contributed by atoms with Crippen molar-refractivity contribution >= 4 is 5.91 Å². The average molecular weight is 391 g/mol. The molecule has 0 aliphatic carbocycles. The molecule has 1 saturated heterocycles. The van der Waals surface area contributed by atoms with E-state index in [1.807, 2.05) is 17.2 Å². The van der Waals surface area contributed by atoms with E-state index in [-0.39, 0.29) is 18.1 Å². The third-order valence-electron chi connectivity index (χ3n) is 5.68. The summed E-state index contributed by atoms with van der Waals surface area (Å²) in [7, 11) is 0. The number of benzene rings is 2. The molecule has 0 N–H and O–H groups in total. The van der Waals surface area contributed by atoms with Crippen LogP contribution in [0, 0.1) is 18.7 Å². The molecule has 0 bridgehead atoms. The molecule has 3 aromatic rings. The lowest BCUT2D eigenvalue weighted by Crippen LogP contribution is -2.30. The highest BCUT2D eigenvalue weighted by Crippen LogP contribution is 2.22. The number of carbonyl (C=O) groups is 1. The molecule has 4 rings (SSSR count). The highest BCUT2D eigenvalue weighted by atomic mass is 19.1. The van der Waals surface area contributed by atoms with Gasteiger partial charge in [0.2, 0.25) is 5.91 Å². The Balaban J connectivity index is 1.37. The molecule has 150 valence electrons. The smallest absolute Gasteiger partial charge is 0.227 e. The number of imidazole rings is 1. The van der Waals surface area contributed by atoms with Crippen molar-refractivity contribution in [2.75, 3.05) is 13.1 Å². The molecule has 2 aromatic carbocycles. The van der Waals surface area contributed by atoms with Crippen molar-refractivity contribution in [2.45, 2.75) is 32.7 Å².